The van der Waals surface area contributed by atoms with E-state index in [0.717, 1.165) is 13.0 Å². The van der Waals surface area contributed by atoms with Gasteiger partial charge in [-0.1, -0.05) is 6.92 Å². The van der Waals surface area contributed by atoms with Gasteiger partial charge in [-0.25, -0.2) is 4.79 Å². The number of nitrogens with zero attached hydrogens (tertiary/aromatic N) is 1. The van der Waals surface area contributed by atoms with Crippen molar-refractivity contribution in [3.63, 3.8) is 0 Å². The summed E-state index contributed by atoms with van der Waals surface area (Å²) < 4.78 is 0. The number of hydrogen-bond acceptors (Lipinski definition) is 3. The number of aliphatic hydroxyl groups excluding tert-OH is 1. The van der Waals surface area contributed by atoms with Gasteiger partial charge in [0.25, 0.3) is 0 Å². The minimum absolute atomic E-state index is 0.0268. The Morgan fingerprint density at radius 1 is 1.24 bits per heavy atom. The van der Waals surface area contributed by atoms with Gasteiger partial charge in [0.1, 0.15) is 0 Å². The van der Waals surface area contributed by atoms with Crippen LogP contribution < -0.4 is 10.6 Å². The molecule has 102 valence electrons. The molecule has 0 aromatic heterocycles. The smallest absolute Gasteiger partial charge is 0.315 e. The standard InChI is InChI=1S/C12H27N3O2/c1-9(8-16)11(3)14-12(17)13-10(2)6-7-15(4)5/h9-11,16H,6-8H2,1-5H3,(H2,13,14,17). The molecule has 0 rings (SSSR count). The zero-order valence-corrected chi connectivity index (χ0v) is 11.7. The highest BCUT2D eigenvalue weighted by Gasteiger charge is 2.14. The van der Waals surface area contributed by atoms with E-state index >= 15 is 0 Å². The van der Waals surface area contributed by atoms with Crippen molar-refractivity contribution in [3.8, 4) is 0 Å². The molecule has 3 atom stereocenters. The predicted octanol–water partition coefficient (Wildman–Crippen LogP) is 0.643. The van der Waals surface area contributed by atoms with Gasteiger partial charge in [0.15, 0.2) is 0 Å². The van der Waals surface area contributed by atoms with E-state index in [9.17, 15) is 4.79 Å². The molecule has 0 aromatic carbocycles. The Kier molecular flexibility index (Phi) is 7.91. The van der Waals surface area contributed by atoms with E-state index in [0.29, 0.717) is 0 Å². The van der Waals surface area contributed by atoms with Crippen LogP contribution in [0.15, 0.2) is 0 Å². The van der Waals surface area contributed by atoms with Gasteiger partial charge in [-0.15, -0.1) is 0 Å². The number of carbonyl (C=O) groups is 1. The minimum atomic E-state index is -0.163. The van der Waals surface area contributed by atoms with Gasteiger partial charge in [0.2, 0.25) is 0 Å². The number of rotatable bonds is 7. The zero-order chi connectivity index (χ0) is 13.4. The molecule has 5 heteroatoms. The maximum atomic E-state index is 11.6. The quantitative estimate of drug-likeness (QED) is 0.617. The number of urea groups is 1. The van der Waals surface area contributed by atoms with E-state index in [1.807, 2.05) is 34.9 Å². The van der Waals surface area contributed by atoms with E-state index in [2.05, 4.69) is 15.5 Å². The van der Waals surface area contributed by atoms with Crippen LogP contribution in [0, 0.1) is 5.92 Å². The molecule has 3 unspecified atom stereocenters. The van der Waals surface area contributed by atoms with Gasteiger partial charge in [0.05, 0.1) is 0 Å². The van der Waals surface area contributed by atoms with Crippen LogP contribution in [0.4, 0.5) is 4.79 Å². The van der Waals surface area contributed by atoms with E-state index in [1.165, 1.54) is 0 Å². The van der Waals surface area contributed by atoms with Gasteiger partial charge in [0, 0.05) is 18.7 Å². The van der Waals surface area contributed by atoms with Crippen LogP contribution in [-0.4, -0.2) is 55.4 Å². The molecule has 0 saturated heterocycles. The van der Waals surface area contributed by atoms with Crippen molar-refractivity contribution >= 4 is 6.03 Å². The van der Waals surface area contributed by atoms with Crippen molar-refractivity contribution in [1.29, 1.82) is 0 Å². The second-order valence-electron chi connectivity index (χ2n) is 5.06. The van der Waals surface area contributed by atoms with Crippen LogP contribution >= 0.6 is 0 Å². The van der Waals surface area contributed by atoms with E-state index in [1.54, 1.807) is 0 Å². The third-order valence-electron chi connectivity index (χ3n) is 2.89. The molecule has 2 amide bonds. The monoisotopic (exact) mass is 245 g/mol. The average molecular weight is 245 g/mol. The third kappa shape index (κ3) is 7.99. The summed E-state index contributed by atoms with van der Waals surface area (Å²) in [7, 11) is 4.02. The Balaban J connectivity index is 3.85. The Morgan fingerprint density at radius 3 is 2.29 bits per heavy atom. The van der Waals surface area contributed by atoms with Gasteiger partial charge < -0.3 is 20.6 Å². The Morgan fingerprint density at radius 2 is 1.82 bits per heavy atom. The van der Waals surface area contributed by atoms with Crippen LogP contribution in [0.3, 0.4) is 0 Å². The predicted molar refractivity (Wildman–Crippen MR) is 70.0 cm³/mol. The maximum absolute atomic E-state index is 11.6. The van der Waals surface area contributed by atoms with Crippen molar-refractivity contribution in [2.24, 2.45) is 5.92 Å². The highest BCUT2D eigenvalue weighted by molar-refractivity contribution is 5.74. The van der Waals surface area contributed by atoms with E-state index in [4.69, 9.17) is 5.11 Å². The first kappa shape index (κ1) is 16.2. The summed E-state index contributed by atoms with van der Waals surface area (Å²) in [6, 6.07) is -0.0425. The lowest BCUT2D eigenvalue weighted by atomic mass is 10.1. The van der Waals surface area contributed by atoms with Crippen LogP contribution in [0.5, 0.6) is 0 Å². The first-order chi connectivity index (χ1) is 7.86. The van der Waals surface area contributed by atoms with Crippen LogP contribution in [0.2, 0.25) is 0 Å². The highest BCUT2D eigenvalue weighted by Crippen LogP contribution is 2.00. The summed E-state index contributed by atoms with van der Waals surface area (Å²) in [5, 5.41) is 14.7. The van der Waals surface area contributed by atoms with Gasteiger partial charge in [-0.05, 0) is 46.8 Å². The van der Waals surface area contributed by atoms with Crippen LogP contribution in [0.1, 0.15) is 27.2 Å². The lowest BCUT2D eigenvalue weighted by Crippen LogP contribution is -2.47. The molecular weight excluding hydrogens is 218 g/mol. The van der Waals surface area contributed by atoms with Gasteiger partial charge in [-0.2, -0.15) is 0 Å². The fourth-order valence-corrected chi connectivity index (χ4v) is 1.30. The molecule has 0 spiro atoms. The SMILES string of the molecule is CC(CCN(C)C)NC(=O)NC(C)C(C)CO. The van der Waals surface area contributed by atoms with Gasteiger partial charge >= 0.3 is 6.03 Å². The van der Waals surface area contributed by atoms with Crippen molar-refractivity contribution < 1.29 is 9.90 Å². The molecule has 0 radical (unpaired) electrons. The number of nitrogens with one attached hydrogen (secondary N) is 2. The summed E-state index contributed by atoms with van der Waals surface area (Å²) in [5.74, 6) is 0.0674. The maximum Gasteiger partial charge on any atom is 0.315 e. The minimum Gasteiger partial charge on any atom is -0.396 e. The summed E-state index contributed by atoms with van der Waals surface area (Å²) >= 11 is 0. The molecule has 17 heavy (non-hydrogen) atoms. The fourth-order valence-electron chi connectivity index (χ4n) is 1.30. The molecule has 5 nitrogen and oxygen atoms in total. The topological polar surface area (TPSA) is 64.6 Å². The van der Waals surface area contributed by atoms with Gasteiger partial charge in [-0.3, -0.25) is 0 Å². The number of amides is 2. The van der Waals surface area contributed by atoms with Crippen molar-refractivity contribution in [3.05, 3.63) is 0 Å². The van der Waals surface area contributed by atoms with Crippen molar-refractivity contribution in [2.75, 3.05) is 27.2 Å². The first-order valence-corrected chi connectivity index (χ1v) is 6.19. The fraction of sp³-hybridized carbons (Fsp3) is 0.917. The normalized spacial score (nSPS) is 16.4. The Hall–Kier alpha value is -0.810. The molecule has 0 aromatic rings. The molecule has 0 fully saturated rings. The van der Waals surface area contributed by atoms with E-state index in [-0.39, 0.29) is 30.6 Å². The summed E-state index contributed by atoms with van der Waals surface area (Å²) in [5.41, 5.74) is 0. The summed E-state index contributed by atoms with van der Waals surface area (Å²) in [4.78, 5) is 13.7. The second-order valence-corrected chi connectivity index (χ2v) is 5.06. The molecule has 0 aliphatic carbocycles. The molecule has 0 aliphatic heterocycles. The highest BCUT2D eigenvalue weighted by atomic mass is 16.3. The third-order valence-corrected chi connectivity index (χ3v) is 2.89. The van der Waals surface area contributed by atoms with Crippen LogP contribution in [0.25, 0.3) is 0 Å². The molecule has 3 N–H and O–H groups in total. The molecule has 0 saturated carbocycles. The average Bonchev–Trinajstić information content (AvgIpc) is 2.24. The Bertz CT molecular complexity index is 222. The first-order valence-electron chi connectivity index (χ1n) is 6.19. The number of carbonyl (C=O) groups excluding carboxylic acids is 1. The second kappa shape index (κ2) is 8.31. The summed E-state index contributed by atoms with van der Waals surface area (Å²) in [6.45, 7) is 6.82. The molecular formula is C12H27N3O2. The summed E-state index contributed by atoms with van der Waals surface area (Å²) in [6.07, 6.45) is 0.921. The van der Waals surface area contributed by atoms with E-state index < -0.39 is 0 Å². The lowest BCUT2D eigenvalue weighted by molar-refractivity contribution is 0.198. The molecule has 0 aliphatic rings. The Labute approximate surface area is 105 Å². The zero-order valence-electron chi connectivity index (χ0n) is 11.7. The molecule has 0 heterocycles. The number of aliphatic hydroxyl groups is 1. The largest absolute Gasteiger partial charge is 0.396 e. The lowest BCUT2D eigenvalue weighted by Gasteiger charge is -2.22. The van der Waals surface area contributed by atoms with Crippen molar-refractivity contribution in [1.82, 2.24) is 15.5 Å². The van der Waals surface area contributed by atoms with Crippen molar-refractivity contribution in [2.45, 2.75) is 39.3 Å². The number of hydrogen-bond donors (Lipinski definition) is 3. The molecule has 0 bridgehead atoms. The van der Waals surface area contributed by atoms with Crippen LogP contribution in [-0.2, 0) is 0 Å².